The first-order valence-corrected chi connectivity index (χ1v) is 5.20. The van der Waals surface area contributed by atoms with E-state index in [1.165, 1.54) is 0 Å². The fourth-order valence-corrected chi connectivity index (χ4v) is 1.36. The smallest absolute Gasteiger partial charge is 0.177 e. The molecule has 0 saturated heterocycles. The first kappa shape index (κ1) is 8.87. The summed E-state index contributed by atoms with van der Waals surface area (Å²) in [5.41, 5.74) is 0. The maximum Gasteiger partial charge on any atom is 0.177 e. The molecule has 4 heteroatoms. The Labute approximate surface area is 76.0 Å². The van der Waals surface area contributed by atoms with Crippen LogP contribution in [0.2, 0.25) is 0 Å². The van der Waals surface area contributed by atoms with Crippen LogP contribution in [-0.2, 0) is 6.54 Å². The normalized spacial score (nSPS) is 13.3. The van der Waals surface area contributed by atoms with Crippen LogP contribution in [0.1, 0.15) is 6.92 Å². The molecule has 0 aliphatic heterocycles. The minimum absolute atomic E-state index is 0.623. The number of nitrogens with one attached hydrogen (secondary N) is 1. The van der Waals surface area contributed by atoms with E-state index in [0.29, 0.717) is 5.25 Å². The summed E-state index contributed by atoms with van der Waals surface area (Å²) in [6.07, 6.45) is 5.96. The SMILES string of the molecule is CSC(C)Cn1cc[nH]c1=S. The van der Waals surface area contributed by atoms with Gasteiger partial charge in [-0.3, -0.25) is 0 Å². The van der Waals surface area contributed by atoms with E-state index in [0.717, 1.165) is 11.3 Å². The lowest BCUT2D eigenvalue weighted by molar-refractivity contribution is 0.683. The van der Waals surface area contributed by atoms with Crippen molar-refractivity contribution in [2.75, 3.05) is 6.26 Å². The van der Waals surface area contributed by atoms with Crippen molar-refractivity contribution >= 4 is 24.0 Å². The van der Waals surface area contributed by atoms with Crippen LogP contribution in [0.5, 0.6) is 0 Å². The Bertz CT molecular complexity index is 263. The van der Waals surface area contributed by atoms with Gasteiger partial charge >= 0.3 is 0 Å². The summed E-state index contributed by atoms with van der Waals surface area (Å²) in [5.74, 6) is 0. The van der Waals surface area contributed by atoms with Crippen LogP contribution in [0.3, 0.4) is 0 Å². The Morgan fingerprint density at radius 3 is 3.00 bits per heavy atom. The van der Waals surface area contributed by atoms with Gasteiger partial charge in [0.05, 0.1) is 0 Å². The lowest BCUT2D eigenvalue weighted by atomic mass is 10.5. The van der Waals surface area contributed by atoms with E-state index in [2.05, 4.69) is 22.7 Å². The van der Waals surface area contributed by atoms with E-state index in [9.17, 15) is 0 Å². The standard InChI is InChI=1S/C7H12N2S2/c1-6(11-2)5-9-4-3-8-7(9)10/h3-4,6H,5H2,1-2H3,(H,8,10). The monoisotopic (exact) mass is 188 g/mol. The Kier molecular flexibility index (Phi) is 3.20. The molecule has 0 bridgehead atoms. The number of H-pyrrole nitrogens is 1. The highest BCUT2D eigenvalue weighted by Gasteiger charge is 1.99. The lowest BCUT2D eigenvalue weighted by Gasteiger charge is -2.07. The Hall–Kier alpha value is -0.220. The third kappa shape index (κ3) is 2.38. The van der Waals surface area contributed by atoms with E-state index in [1.807, 2.05) is 24.2 Å². The average Bonchev–Trinajstić information content (AvgIpc) is 2.37. The first-order chi connectivity index (χ1) is 5.24. The molecule has 62 valence electrons. The number of aromatic nitrogens is 2. The molecule has 1 unspecified atom stereocenters. The molecule has 1 N–H and O–H groups in total. The Morgan fingerprint density at radius 1 is 1.82 bits per heavy atom. The fraction of sp³-hybridized carbons (Fsp3) is 0.571. The number of rotatable bonds is 3. The summed E-state index contributed by atoms with van der Waals surface area (Å²) in [4.78, 5) is 2.97. The molecular weight excluding hydrogens is 176 g/mol. The number of thioether (sulfide) groups is 1. The van der Waals surface area contributed by atoms with Crippen molar-refractivity contribution in [1.29, 1.82) is 0 Å². The predicted molar refractivity (Wildman–Crippen MR) is 52.6 cm³/mol. The summed E-state index contributed by atoms with van der Waals surface area (Å²) in [5, 5.41) is 0.623. The number of imidazole rings is 1. The second-order valence-corrected chi connectivity index (χ2v) is 4.13. The molecule has 1 heterocycles. The summed E-state index contributed by atoms with van der Waals surface area (Å²) in [6, 6.07) is 0. The maximum atomic E-state index is 5.05. The van der Waals surface area contributed by atoms with Crippen LogP contribution in [-0.4, -0.2) is 21.1 Å². The van der Waals surface area contributed by atoms with Crippen molar-refractivity contribution < 1.29 is 0 Å². The molecule has 0 aromatic carbocycles. The van der Waals surface area contributed by atoms with Crippen molar-refractivity contribution in [3.05, 3.63) is 17.2 Å². The highest BCUT2D eigenvalue weighted by molar-refractivity contribution is 7.99. The van der Waals surface area contributed by atoms with Gasteiger partial charge in [-0.15, -0.1) is 0 Å². The molecular formula is C7H12N2S2. The van der Waals surface area contributed by atoms with E-state index >= 15 is 0 Å². The molecule has 0 fully saturated rings. The maximum absolute atomic E-state index is 5.05. The van der Waals surface area contributed by atoms with Gasteiger partial charge in [-0.25, -0.2) is 0 Å². The van der Waals surface area contributed by atoms with Crippen LogP contribution in [0.15, 0.2) is 12.4 Å². The molecule has 0 aliphatic carbocycles. The highest BCUT2D eigenvalue weighted by Crippen LogP contribution is 2.07. The van der Waals surface area contributed by atoms with Gasteiger partial charge in [-0.1, -0.05) is 6.92 Å². The molecule has 1 aromatic rings. The van der Waals surface area contributed by atoms with Crippen LogP contribution in [0.25, 0.3) is 0 Å². The molecule has 0 radical (unpaired) electrons. The largest absolute Gasteiger partial charge is 0.337 e. The summed E-state index contributed by atoms with van der Waals surface area (Å²) in [7, 11) is 0. The zero-order chi connectivity index (χ0) is 8.27. The minimum atomic E-state index is 0.623. The molecule has 11 heavy (non-hydrogen) atoms. The third-order valence-corrected chi connectivity index (χ3v) is 2.88. The topological polar surface area (TPSA) is 20.7 Å². The average molecular weight is 188 g/mol. The van der Waals surface area contributed by atoms with Gasteiger partial charge in [0.2, 0.25) is 0 Å². The van der Waals surface area contributed by atoms with Crippen molar-refractivity contribution in [3.63, 3.8) is 0 Å². The number of nitrogens with zero attached hydrogens (tertiary/aromatic N) is 1. The van der Waals surface area contributed by atoms with Gasteiger partial charge in [-0.2, -0.15) is 11.8 Å². The van der Waals surface area contributed by atoms with Crippen LogP contribution in [0.4, 0.5) is 0 Å². The van der Waals surface area contributed by atoms with Gasteiger partial charge in [0.25, 0.3) is 0 Å². The van der Waals surface area contributed by atoms with Gasteiger partial charge < -0.3 is 9.55 Å². The predicted octanol–water partition coefficient (Wildman–Crippen LogP) is 2.30. The Balaban J connectivity index is 2.64. The van der Waals surface area contributed by atoms with Gasteiger partial charge in [-0.05, 0) is 18.5 Å². The minimum Gasteiger partial charge on any atom is -0.337 e. The lowest BCUT2D eigenvalue weighted by Crippen LogP contribution is -2.07. The molecule has 2 nitrogen and oxygen atoms in total. The quantitative estimate of drug-likeness (QED) is 0.735. The van der Waals surface area contributed by atoms with Crippen molar-refractivity contribution in [2.24, 2.45) is 0 Å². The summed E-state index contributed by atoms with van der Waals surface area (Å²) < 4.78 is 2.86. The van der Waals surface area contributed by atoms with Crippen LogP contribution < -0.4 is 0 Å². The van der Waals surface area contributed by atoms with Crippen molar-refractivity contribution in [2.45, 2.75) is 18.7 Å². The molecule has 0 spiro atoms. The molecule has 0 aliphatic rings. The molecule has 1 aromatic heterocycles. The molecule has 1 rings (SSSR count). The second-order valence-electron chi connectivity index (χ2n) is 2.46. The van der Waals surface area contributed by atoms with E-state index in [4.69, 9.17) is 12.2 Å². The molecule has 1 atom stereocenters. The third-order valence-electron chi connectivity index (χ3n) is 1.58. The number of hydrogen-bond acceptors (Lipinski definition) is 2. The van der Waals surface area contributed by atoms with E-state index in [1.54, 1.807) is 0 Å². The van der Waals surface area contributed by atoms with E-state index < -0.39 is 0 Å². The molecule has 0 saturated carbocycles. The van der Waals surface area contributed by atoms with E-state index in [-0.39, 0.29) is 0 Å². The van der Waals surface area contributed by atoms with Crippen LogP contribution >= 0.6 is 24.0 Å². The van der Waals surface area contributed by atoms with Crippen LogP contribution in [0, 0.1) is 4.77 Å². The van der Waals surface area contributed by atoms with Crippen molar-refractivity contribution in [1.82, 2.24) is 9.55 Å². The van der Waals surface area contributed by atoms with Gasteiger partial charge in [0.15, 0.2) is 4.77 Å². The first-order valence-electron chi connectivity index (χ1n) is 3.50. The number of hydrogen-bond donors (Lipinski definition) is 1. The van der Waals surface area contributed by atoms with Gasteiger partial charge in [0.1, 0.15) is 0 Å². The van der Waals surface area contributed by atoms with Crippen molar-refractivity contribution in [3.8, 4) is 0 Å². The highest BCUT2D eigenvalue weighted by atomic mass is 32.2. The summed E-state index contributed by atoms with van der Waals surface area (Å²) in [6.45, 7) is 3.18. The zero-order valence-corrected chi connectivity index (χ0v) is 8.34. The summed E-state index contributed by atoms with van der Waals surface area (Å²) >= 11 is 6.90. The zero-order valence-electron chi connectivity index (χ0n) is 6.70. The molecule has 0 amide bonds. The van der Waals surface area contributed by atoms with Gasteiger partial charge in [0, 0.05) is 24.2 Å². The second kappa shape index (κ2) is 3.97. The fourth-order valence-electron chi connectivity index (χ4n) is 0.844. The number of aromatic amines is 1. The Morgan fingerprint density at radius 2 is 2.55 bits per heavy atom.